The van der Waals surface area contributed by atoms with Crippen LogP contribution in [-0.4, -0.2) is 18.4 Å². The first-order valence-electron chi connectivity index (χ1n) is 16.2. The summed E-state index contributed by atoms with van der Waals surface area (Å²) in [5.74, 6) is 3.13. The topological polar surface area (TPSA) is 43.4 Å². The molecule has 0 N–H and O–H groups in total. The summed E-state index contributed by atoms with van der Waals surface area (Å²) in [5, 5.41) is 0. The van der Waals surface area contributed by atoms with Gasteiger partial charge in [-0.15, -0.1) is 0 Å². The molecule has 9 unspecified atom stereocenters. The van der Waals surface area contributed by atoms with Gasteiger partial charge in [0.1, 0.15) is 5.78 Å². The molecule has 6 rings (SSSR count). The number of ketones is 1. The monoisotopic (exact) mass is 544 g/mol. The van der Waals surface area contributed by atoms with Crippen molar-refractivity contribution in [3.63, 3.8) is 0 Å². The summed E-state index contributed by atoms with van der Waals surface area (Å²) in [4.78, 5) is 26.1. The van der Waals surface area contributed by atoms with Gasteiger partial charge in [0.15, 0.2) is 0 Å². The van der Waals surface area contributed by atoms with Crippen molar-refractivity contribution in [2.75, 3.05) is 6.61 Å². The second-order valence-corrected chi connectivity index (χ2v) is 16.1. The number of hydrogen-bond acceptors (Lipinski definition) is 3. The molecule has 5 saturated carbocycles. The number of fused-ring (bicyclic) bond motifs is 7. The second kappa shape index (κ2) is 9.30. The zero-order chi connectivity index (χ0) is 28.7. The summed E-state index contributed by atoms with van der Waals surface area (Å²) in [7, 11) is 0. The van der Waals surface area contributed by atoms with E-state index in [0.29, 0.717) is 47.5 Å². The number of hydrogen-bond donors (Lipinski definition) is 0. The number of benzene rings is 1. The van der Waals surface area contributed by atoms with E-state index < -0.39 is 0 Å². The van der Waals surface area contributed by atoms with E-state index in [1.54, 1.807) is 0 Å². The highest BCUT2D eigenvalue weighted by Gasteiger charge is 2.71. The summed E-state index contributed by atoms with van der Waals surface area (Å²) >= 11 is 0. The van der Waals surface area contributed by atoms with Gasteiger partial charge in [-0.2, -0.15) is 0 Å². The average Bonchev–Trinajstić information content (AvgIpc) is 3.31. The van der Waals surface area contributed by atoms with E-state index in [2.05, 4.69) is 48.1 Å². The van der Waals surface area contributed by atoms with E-state index in [9.17, 15) is 9.59 Å². The van der Waals surface area contributed by atoms with Gasteiger partial charge in [-0.25, -0.2) is 4.79 Å². The molecule has 0 heterocycles. The van der Waals surface area contributed by atoms with Crippen LogP contribution in [0.3, 0.4) is 0 Å². The molecule has 5 fully saturated rings. The van der Waals surface area contributed by atoms with Crippen LogP contribution in [0.25, 0.3) is 0 Å². The second-order valence-electron chi connectivity index (χ2n) is 16.1. The molecule has 3 nitrogen and oxygen atoms in total. The standard InChI is InChI=1S/C37H52O3/c1-24(2)26-15-20-37(23-40-32(39)25-11-9-8-10-12-25)22-21-35(6)27(31(26)37)13-14-29-34(5)18-17-30(38)33(3,4)28(34)16-19-36(29,35)7/h8-12,26-29,31H,1,13-23H2,2-7H3. The van der Waals surface area contributed by atoms with Crippen molar-refractivity contribution in [3.8, 4) is 0 Å². The van der Waals surface area contributed by atoms with Crippen molar-refractivity contribution in [1.82, 2.24) is 0 Å². The minimum absolute atomic E-state index is 0.0573. The maximum Gasteiger partial charge on any atom is 0.338 e. The third kappa shape index (κ3) is 3.74. The Bertz CT molecular complexity index is 1200. The first-order chi connectivity index (χ1) is 18.8. The Kier molecular flexibility index (Phi) is 6.56. The number of Topliss-reactive ketones (excluding diaryl/α,β-unsaturated/α-hetero) is 1. The molecule has 0 bridgehead atoms. The normalized spacial score (nSPS) is 45.5. The van der Waals surface area contributed by atoms with Crippen LogP contribution in [0.5, 0.6) is 0 Å². The molecule has 0 aromatic heterocycles. The predicted molar refractivity (Wildman–Crippen MR) is 161 cm³/mol. The van der Waals surface area contributed by atoms with Crippen LogP contribution in [0.4, 0.5) is 0 Å². The van der Waals surface area contributed by atoms with E-state index in [1.807, 2.05) is 30.3 Å². The number of rotatable bonds is 4. The lowest BCUT2D eigenvalue weighted by molar-refractivity contribution is -0.236. The molecule has 9 atom stereocenters. The molecule has 1 aromatic rings. The quantitative estimate of drug-likeness (QED) is 0.280. The lowest BCUT2D eigenvalue weighted by Gasteiger charge is -2.72. The van der Waals surface area contributed by atoms with Crippen LogP contribution in [-0.2, 0) is 9.53 Å². The lowest BCUT2D eigenvalue weighted by atomic mass is 9.32. The highest BCUT2D eigenvalue weighted by Crippen LogP contribution is 2.77. The number of allylic oxidation sites excluding steroid dienone is 1. The number of carbonyl (C=O) groups is 2. The number of carbonyl (C=O) groups excluding carboxylic acids is 2. The van der Waals surface area contributed by atoms with Crippen LogP contribution in [0.1, 0.15) is 116 Å². The van der Waals surface area contributed by atoms with Crippen LogP contribution in [0.15, 0.2) is 42.5 Å². The Morgan fingerprint density at radius 2 is 1.60 bits per heavy atom. The average molecular weight is 545 g/mol. The highest BCUT2D eigenvalue weighted by molar-refractivity contribution is 5.89. The van der Waals surface area contributed by atoms with Crippen LogP contribution < -0.4 is 0 Å². The van der Waals surface area contributed by atoms with Gasteiger partial charge < -0.3 is 4.74 Å². The number of ether oxygens (including phenoxy) is 1. The van der Waals surface area contributed by atoms with Crippen molar-refractivity contribution in [2.45, 2.75) is 106 Å². The third-order valence-electron chi connectivity index (χ3n) is 14.5. The summed E-state index contributed by atoms with van der Waals surface area (Å²) in [6, 6.07) is 9.49. The molecule has 1 aromatic carbocycles. The Morgan fingerprint density at radius 3 is 2.30 bits per heavy atom. The van der Waals surface area contributed by atoms with E-state index in [0.717, 1.165) is 25.7 Å². The molecule has 0 amide bonds. The zero-order valence-corrected chi connectivity index (χ0v) is 26.0. The minimum Gasteiger partial charge on any atom is -0.461 e. The molecule has 0 radical (unpaired) electrons. The maximum absolute atomic E-state index is 13.1. The molecule has 0 spiro atoms. The highest BCUT2D eigenvalue weighted by atomic mass is 16.5. The van der Waals surface area contributed by atoms with Gasteiger partial charge in [0, 0.05) is 17.3 Å². The smallest absolute Gasteiger partial charge is 0.338 e. The van der Waals surface area contributed by atoms with Crippen LogP contribution in [0.2, 0.25) is 0 Å². The fraction of sp³-hybridized carbons (Fsp3) is 0.730. The molecule has 3 heteroatoms. The molecular formula is C37H52O3. The van der Waals surface area contributed by atoms with Gasteiger partial charge in [0.2, 0.25) is 0 Å². The zero-order valence-electron chi connectivity index (χ0n) is 26.0. The third-order valence-corrected chi connectivity index (χ3v) is 14.5. The van der Waals surface area contributed by atoms with Gasteiger partial charge in [0.05, 0.1) is 12.2 Å². The van der Waals surface area contributed by atoms with Gasteiger partial charge >= 0.3 is 5.97 Å². The van der Waals surface area contributed by atoms with Gasteiger partial charge in [-0.1, -0.05) is 65.0 Å². The molecule has 5 aliphatic carbocycles. The summed E-state index contributed by atoms with van der Waals surface area (Å²) in [6.45, 7) is 19.7. The Hall–Kier alpha value is -1.90. The van der Waals surface area contributed by atoms with Crippen molar-refractivity contribution in [1.29, 1.82) is 0 Å². The lowest BCUT2D eigenvalue weighted by Crippen LogP contribution is -2.66. The van der Waals surface area contributed by atoms with E-state index in [4.69, 9.17) is 4.74 Å². The Morgan fingerprint density at radius 1 is 0.875 bits per heavy atom. The molecule has 218 valence electrons. The first-order valence-corrected chi connectivity index (χ1v) is 16.2. The molecular weight excluding hydrogens is 492 g/mol. The predicted octanol–water partition coefficient (Wildman–Crippen LogP) is 9.07. The fourth-order valence-corrected chi connectivity index (χ4v) is 12.2. The molecule has 0 saturated heterocycles. The SMILES string of the molecule is C=C(C)C1CCC2(COC(=O)c3ccccc3)CCC3(C)C(CCC4C5(C)CCC(=O)C(C)(C)C5CCC43C)C12. The van der Waals surface area contributed by atoms with E-state index >= 15 is 0 Å². The molecule has 5 aliphatic rings. The van der Waals surface area contributed by atoms with E-state index in [1.165, 1.54) is 44.1 Å². The van der Waals surface area contributed by atoms with Crippen LogP contribution in [0, 0.1) is 56.7 Å². The van der Waals surface area contributed by atoms with Crippen molar-refractivity contribution >= 4 is 11.8 Å². The van der Waals surface area contributed by atoms with Crippen LogP contribution >= 0.6 is 0 Å². The fourth-order valence-electron chi connectivity index (χ4n) is 12.2. The Labute approximate surface area is 242 Å². The number of esters is 1. The van der Waals surface area contributed by atoms with Crippen molar-refractivity contribution in [2.24, 2.45) is 56.7 Å². The largest absolute Gasteiger partial charge is 0.461 e. The van der Waals surface area contributed by atoms with Crippen molar-refractivity contribution in [3.05, 3.63) is 48.0 Å². The van der Waals surface area contributed by atoms with Gasteiger partial charge in [0.25, 0.3) is 0 Å². The van der Waals surface area contributed by atoms with Gasteiger partial charge in [-0.3, -0.25) is 4.79 Å². The summed E-state index contributed by atoms with van der Waals surface area (Å²) in [6.07, 6.45) is 11.4. The summed E-state index contributed by atoms with van der Waals surface area (Å²) in [5.41, 5.74) is 2.59. The van der Waals surface area contributed by atoms with E-state index in [-0.39, 0.29) is 33.0 Å². The summed E-state index contributed by atoms with van der Waals surface area (Å²) < 4.78 is 6.16. The Balaban J connectivity index is 1.32. The van der Waals surface area contributed by atoms with Gasteiger partial charge in [-0.05, 0) is 123 Å². The minimum atomic E-state index is -0.201. The maximum atomic E-state index is 13.1. The molecule has 40 heavy (non-hydrogen) atoms. The van der Waals surface area contributed by atoms with Crippen molar-refractivity contribution < 1.29 is 14.3 Å². The first kappa shape index (κ1) is 28.2. The molecule has 0 aliphatic heterocycles.